The molecule has 2 aromatic rings. The molecule has 1 aliphatic heterocycles. The van der Waals surface area contributed by atoms with Gasteiger partial charge in [0, 0.05) is 18.7 Å². The first kappa shape index (κ1) is 19.6. The summed E-state index contributed by atoms with van der Waals surface area (Å²) in [6, 6.07) is 15.8. The molecule has 1 atom stereocenters. The molecule has 0 bridgehead atoms. The van der Waals surface area contributed by atoms with Crippen molar-refractivity contribution in [1.82, 2.24) is 9.62 Å². The first-order chi connectivity index (χ1) is 13.0. The normalized spacial score (nSPS) is 17.1. The van der Waals surface area contributed by atoms with Gasteiger partial charge in [0.1, 0.15) is 0 Å². The summed E-state index contributed by atoms with van der Waals surface area (Å²) in [6.45, 7) is 3.00. The largest absolute Gasteiger partial charge is 0.346 e. The van der Waals surface area contributed by atoms with E-state index in [4.69, 9.17) is 0 Å². The summed E-state index contributed by atoms with van der Waals surface area (Å²) in [6.07, 6.45) is 3.89. The summed E-state index contributed by atoms with van der Waals surface area (Å²) in [5.74, 6) is -0.278. The van der Waals surface area contributed by atoms with E-state index in [-0.39, 0.29) is 16.8 Å². The highest BCUT2D eigenvalue weighted by atomic mass is 32.2. The number of nitrogens with one attached hydrogen (secondary N) is 1. The van der Waals surface area contributed by atoms with Crippen molar-refractivity contribution in [3.8, 4) is 0 Å². The second-order valence-corrected chi connectivity index (χ2v) is 8.89. The molecule has 1 fully saturated rings. The maximum atomic E-state index is 13.0. The quantitative estimate of drug-likeness (QED) is 0.851. The van der Waals surface area contributed by atoms with Crippen LogP contribution in [0.5, 0.6) is 0 Å². The lowest BCUT2D eigenvalue weighted by Crippen LogP contribution is -2.32. The standard InChI is InChI=1S/C21H26N2O3S/c1-17(18-10-5-4-6-11-18)22-21(24)19-12-9-13-20(16-19)27(25,26)23-14-7-2-3-8-15-23/h4-6,9-13,16-17H,2-3,7-8,14-15H2,1H3,(H,22,24)/t17-/m0/s1. The molecular formula is C21H26N2O3S. The molecule has 6 heteroatoms. The van der Waals surface area contributed by atoms with Gasteiger partial charge in [0.25, 0.3) is 5.91 Å². The summed E-state index contributed by atoms with van der Waals surface area (Å²) in [7, 11) is -3.57. The number of benzene rings is 2. The average molecular weight is 387 g/mol. The molecule has 27 heavy (non-hydrogen) atoms. The third-order valence-corrected chi connectivity index (χ3v) is 6.84. The second kappa shape index (κ2) is 8.67. The lowest BCUT2D eigenvalue weighted by Gasteiger charge is -2.20. The number of carbonyl (C=O) groups is 1. The Morgan fingerprint density at radius 3 is 2.30 bits per heavy atom. The predicted octanol–water partition coefficient (Wildman–Crippen LogP) is 3.74. The van der Waals surface area contributed by atoms with E-state index in [1.54, 1.807) is 22.5 Å². The van der Waals surface area contributed by atoms with E-state index in [9.17, 15) is 13.2 Å². The van der Waals surface area contributed by atoms with Crippen molar-refractivity contribution in [2.24, 2.45) is 0 Å². The number of carbonyl (C=O) groups excluding carboxylic acids is 1. The van der Waals surface area contributed by atoms with Crippen LogP contribution in [-0.4, -0.2) is 31.7 Å². The molecule has 0 radical (unpaired) electrons. The van der Waals surface area contributed by atoms with Crippen LogP contribution in [0.15, 0.2) is 59.5 Å². The molecule has 0 saturated carbocycles. The van der Waals surface area contributed by atoms with Gasteiger partial charge in [-0.05, 0) is 43.5 Å². The van der Waals surface area contributed by atoms with E-state index in [1.807, 2.05) is 37.3 Å². The SMILES string of the molecule is C[C@H](NC(=O)c1cccc(S(=O)(=O)N2CCCCCC2)c1)c1ccccc1. The lowest BCUT2D eigenvalue weighted by atomic mass is 10.1. The smallest absolute Gasteiger partial charge is 0.251 e. The molecule has 0 unspecified atom stereocenters. The van der Waals surface area contributed by atoms with Crippen LogP contribution in [0.4, 0.5) is 0 Å². The average Bonchev–Trinajstić information content (AvgIpc) is 2.99. The number of hydrogen-bond donors (Lipinski definition) is 1. The van der Waals surface area contributed by atoms with E-state index in [1.165, 1.54) is 6.07 Å². The van der Waals surface area contributed by atoms with Crippen molar-refractivity contribution >= 4 is 15.9 Å². The number of nitrogens with zero attached hydrogens (tertiary/aromatic N) is 1. The van der Waals surface area contributed by atoms with Crippen LogP contribution in [0.25, 0.3) is 0 Å². The summed E-state index contributed by atoms with van der Waals surface area (Å²) < 4.78 is 27.5. The summed E-state index contributed by atoms with van der Waals surface area (Å²) in [4.78, 5) is 12.8. The van der Waals surface area contributed by atoms with Crippen molar-refractivity contribution < 1.29 is 13.2 Å². The highest BCUT2D eigenvalue weighted by Gasteiger charge is 2.26. The Kier molecular flexibility index (Phi) is 6.29. The van der Waals surface area contributed by atoms with Crippen LogP contribution in [0.2, 0.25) is 0 Å². The molecule has 1 N–H and O–H groups in total. The molecule has 0 aliphatic carbocycles. The highest BCUT2D eigenvalue weighted by molar-refractivity contribution is 7.89. The van der Waals surface area contributed by atoms with Crippen LogP contribution >= 0.6 is 0 Å². The number of amides is 1. The van der Waals surface area contributed by atoms with Crippen LogP contribution < -0.4 is 5.32 Å². The lowest BCUT2D eigenvalue weighted by molar-refractivity contribution is 0.0939. The Hall–Kier alpha value is -2.18. The van der Waals surface area contributed by atoms with Crippen LogP contribution in [0.3, 0.4) is 0 Å². The first-order valence-corrected chi connectivity index (χ1v) is 10.9. The molecule has 2 aromatic carbocycles. The zero-order chi connectivity index (χ0) is 19.3. The Morgan fingerprint density at radius 2 is 1.63 bits per heavy atom. The first-order valence-electron chi connectivity index (χ1n) is 9.44. The maximum Gasteiger partial charge on any atom is 0.251 e. The van der Waals surface area contributed by atoms with Crippen LogP contribution in [0.1, 0.15) is 54.6 Å². The fourth-order valence-electron chi connectivity index (χ4n) is 3.33. The predicted molar refractivity (Wildman–Crippen MR) is 106 cm³/mol. The number of hydrogen-bond acceptors (Lipinski definition) is 3. The molecule has 1 aliphatic rings. The third-order valence-electron chi connectivity index (χ3n) is 4.95. The topological polar surface area (TPSA) is 66.5 Å². The van der Waals surface area contributed by atoms with Gasteiger partial charge in [-0.2, -0.15) is 4.31 Å². The summed E-state index contributed by atoms with van der Waals surface area (Å²) in [5.41, 5.74) is 1.35. The summed E-state index contributed by atoms with van der Waals surface area (Å²) >= 11 is 0. The van der Waals surface area contributed by atoms with Gasteiger partial charge in [0.2, 0.25) is 10.0 Å². The molecule has 1 amide bonds. The zero-order valence-electron chi connectivity index (χ0n) is 15.6. The van der Waals surface area contributed by atoms with Gasteiger partial charge in [-0.1, -0.05) is 49.2 Å². The molecule has 5 nitrogen and oxygen atoms in total. The summed E-state index contributed by atoms with van der Waals surface area (Å²) in [5, 5.41) is 2.93. The Morgan fingerprint density at radius 1 is 0.963 bits per heavy atom. The van der Waals surface area contributed by atoms with Crippen molar-refractivity contribution in [2.45, 2.75) is 43.5 Å². The minimum atomic E-state index is -3.57. The van der Waals surface area contributed by atoms with Crippen LogP contribution in [0, 0.1) is 0 Å². The fourth-order valence-corrected chi connectivity index (χ4v) is 4.90. The highest BCUT2D eigenvalue weighted by Crippen LogP contribution is 2.21. The molecular weight excluding hydrogens is 360 g/mol. The van der Waals surface area contributed by atoms with Crippen molar-refractivity contribution in [3.63, 3.8) is 0 Å². The van der Waals surface area contributed by atoms with E-state index in [2.05, 4.69) is 5.32 Å². The van der Waals surface area contributed by atoms with Gasteiger partial charge < -0.3 is 5.32 Å². The van der Waals surface area contributed by atoms with Crippen molar-refractivity contribution in [3.05, 3.63) is 65.7 Å². The Bertz CT molecular complexity index is 873. The number of sulfonamides is 1. The molecule has 3 rings (SSSR count). The monoisotopic (exact) mass is 386 g/mol. The van der Waals surface area contributed by atoms with Gasteiger partial charge in [-0.15, -0.1) is 0 Å². The van der Waals surface area contributed by atoms with Crippen LogP contribution in [-0.2, 0) is 10.0 Å². The molecule has 0 spiro atoms. The molecule has 0 aromatic heterocycles. The zero-order valence-corrected chi connectivity index (χ0v) is 16.4. The minimum absolute atomic E-state index is 0.162. The fraction of sp³-hybridized carbons (Fsp3) is 0.381. The van der Waals surface area contributed by atoms with E-state index in [0.29, 0.717) is 18.7 Å². The van der Waals surface area contributed by atoms with Gasteiger partial charge in [-0.25, -0.2) is 8.42 Å². The van der Waals surface area contributed by atoms with Gasteiger partial charge in [0.05, 0.1) is 10.9 Å². The maximum absolute atomic E-state index is 13.0. The van der Waals surface area contributed by atoms with Crippen molar-refractivity contribution in [1.29, 1.82) is 0 Å². The van der Waals surface area contributed by atoms with Gasteiger partial charge in [-0.3, -0.25) is 4.79 Å². The van der Waals surface area contributed by atoms with Gasteiger partial charge >= 0.3 is 0 Å². The third kappa shape index (κ3) is 4.76. The molecule has 1 heterocycles. The van der Waals surface area contributed by atoms with E-state index in [0.717, 1.165) is 31.2 Å². The van der Waals surface area contributed by atoms with Gasteiger partial charge in [0.15, 0.2) is 0 Å². The van der Waals surface area contributed by atoms with Crippen molar-refractivity contribution in [2.75, 3.05) is 13.1 Å². The Labute approximate surface area is 161 Å². The Balaban J connectivity index is 1.77. The number of rotatable bonds is 5. The molecule has 144 valence electrons. The van der Waals surface area contributed by atoms with E-state index >= 15 is 0 Å². The van der Waals surface area contributed by atoms with E-state index < -0.39 is 10.0 Å². The minimum Gasteiger partial charge on any atom is -0.346 e. The molecule has 1 saturated heterocycles. The second-order valence-electron chi connectivity index (χ2n) is 6.95.